The number of halogens is 3. The Morgan fingerprint density at radius 2 is 1.90 bits per heavy atom. The number of alkyl halides is 3. The Morgan fingerprint density at radius 3 is 2.50 bits per heavy atom. The van der Waals surface area contributed by atoms with Crippen LogP contribution in [0.2, 0.25) is 0 Å². The molecule has 0 saturated heterocycles. The summed E-state index contributed by atoms with van der Waals surface area (Å²) in [7, 11) is 0. The molecule has 1 heterocycles. The standard InChI is InChI=1S/C12H7F3N2O3/c13-12(14,15)8-4-2-1-3-6(8)9-5-7(11(19)20)10(18)17-16-9/h1-5H,(H,17,18)(H,19,20). The number of aromatic amines is 1. The van der Waals surface area contributed by atoms with E-state index in [0.717, 1.165) is 18.2 Å². The first-order chi connectivity index (χ1) is 9.30. The summed E-state index contributed by atoms with van der Waals surface area (Å²) < 4.78 is 38.6. The Hall–Kier alpha value is -2.64. The van der Waals surface area contributed by atoms with Gasteiger partial charge in [0.2, 0.25) is 0 Å². The molecule has 0 aliphatic rings. The third kappa shape index (κ3) is 2.53. The minimum atomic E-state index is -4.61. The lowest BCUT2D eigenvalue weighted by atomic mass is 10.0. The highest BCUT2D eigenvalue weighted by atomic mass is 19.4. The van der Waals surface area contributed by atoms with E-state index in [0.29, 0.717) is 0 Å². The number of carboxylic acid groups (broad SMARTS) is 1. The average Bonchev–Trinajstić information content (AvgIpc) is 2.38. The molecule has 0 atom stereocenters. The van der Waals surface area contributed by atoms with Crippen molar-refractivity contribution in [3.8, 4) is 11.3 Å². The minimum absolute atomic E-state index is 0.269. The molecule has 0 bridgehead atoms. The van der Waals surface area contributed by atoms with E-state index >= 15 is 0 Å². The largest absolute Gasteiger partial charge is 0.477 e. The highest BCUT2D eigenvalue weighted by molar-refractivity contribution is 5.88. The van der Waals surface area contributed by atoms with Crippen molar-refractivity contribution in [1.82, 2.24) is 10.2 Å². The number of benzene rings is 1. The molecule has 0 spiro atoms. The second kappa shape index (κ2) is 4.80. The normalized spacial score (nSPS) is 11.3. The van der Waals surface area contributed by atoms with Gasteiger partial charge < -0.3 is 5.11 Å². The van der Waals surface area contributed by atoms with Crippen molar-refractivity contribution in [2.45, 2.75) is 6.18 Å². The van der Waals surface area contributed by atoms with E-state index in [2.05, 4.69) is 5.10 Å². The maximum atomic E-state index is 12.9. The van der Waals surface area contributed by atoms with Gasteiger partial charge in [-0.25, -0.2) is 9.89 Å². The number of hydrogen-bond donors (Lipinski definition) is 2. The van der Waals surface area contributed by atoms with Crippen LogP contribution in [0.25, 0.3) is 11.3 Å². The van der Waals surface area contributed by atoms with E-state index in [1.165, 1.54) is 12.1 Å². The van der Waals surface area contributed by atoms with Crippen molar-refractivity contribution in [2.24, 2.45) is 0 Å². The summed E-state index contributed by atoms with van der Waals surface area (Å²) in [6.45, 7) is 0. The number of nitrogens with one attached hydrogen (secondary N) is 1. The molecule has 0 aliphatic heterocycles. The monoisotopic (exact) mass is 284 g/mol. The van der Waals surface area contributed by atoms with Gasteiger partial charge in [-0.1, -0.05) is 18.2 Å². The maximum absolute atomic E-state index is 12.9. The number of rotatable bonds is 2. The quantitative estimate of drug-likeness (QED) is 0.885. The van der Waals surface area contributed by atoms with Gasteiger partial charge in [-0.2, -0.15) is 18.3 Å². The van der Waals surface area contributed by atoms with E-state index in [9.17, 15) is 22.8 Å². The third-order valence-electron chi connectivity index (χ3n) is 2.54. The first kappa shape index (κ1) is 13.8. The van der Waals surface area contributed by atoms with Crippen LogP contribution in [0.1, 0.15) is 15.9 Å². The van der Waals surface area contributed by atoms with Crippen LogP contribution in [0, 0.1) is 0 Å². The van der Waals surface area contributed by atoms with E-state index in [1.807, 2.05) is 5.10 Å². The third-order valence-corrected chi connectivity index (χ3v) is 2.54. The Labute approximate surface area is 109 Å². The van der Waals surface area contributed by atoms with Gasteiger partial charge in [0, 0.05) is 5.56 Å². The molecule has 0 unspecified atom stereocenters. The van der Waals surface area contributed by atoms with E-state index in [4.69, 9.17) is 5.11 Å². The van der Waals surface area contributed by atoms with Gasteiger partial charge in [-0.05, 0) is 12.1 Å². The van der Waals surface area contributed by atoms with E-state index < -0.39 is 28.8 Å². The van der Waals surface area contributed by atoms with Crippen molar-refractivity contribution < 1.29 is 23.1 Å². The number of aromatic carboxylic acids is 1. The smallest absolute Gasteiger partial charge is 0.417 e. The first-order valence-corrected chi connectivity index (χ1v) is 5.30. The Kier molecular flexibility index (Phi) is 3.31. The average molecular weight is 284 g/mol. The van der Waals surface area contributed by atoms with Crippen LogP contribution >= 0.6 is 0 Å². The van der Waals surface area contributed by atoms with Gasteiger partial charge >= 0.3 is 12.1 Å². The van der Waals surface area contributed by atoms with E-state index in [1.54, 1.807) is 0 Å². The van der Waals surface area contributed by atoms with Gasteiger partial charge in [0.05, 0.1) is 11.3 Å². The molecular weight excluding hydrogens is 277 g/mol. The fourth-order valence-corrected chi connectivity index (χ4v) is 1.66. The lowest BCUT2D eigenvalue weighted by Gasteiger charge is -2.11. The number of aromatic nitrogens is 2. The molecule has 2 N–H and O–H groups in total. The predicted molar refractivity (Wildman–Crippen MR) is 62.3 cm³/mol. The van der Waals surface area contributed by atoms with Crippen molar-refractivity contribution in [3.63, 3.8) is 0 Å². The van der Waals surface area contributed by atoms with Crippen LogP contribution in [-0.4, -0.2) is 21.3 Å². The van der Waals surface area contributed by atoms with Gasteiger partial charge in [0.25, 0.3) is 5.56 Å². The van der Waals surface area contributed by atoms with Crippen LogP contribution in [0.4, 0.5) is 13.2 Å². The van der Waals surface area contributed by atoms with Crippen molar-refractivity contribution >= 4 is 5.97 Å². The molecule has 0 amide bonds. The lowest BCUT2D eigenvalue weighted by molar-refractivity contribution is -0.137. The minimum Gasteiger partial charge on any atom is -0.477 e. The van der Waals surface area contributed by atoms with Gasteiger partial charge in [0.1, 0.15) is 5.56 Å². The highest BCUT2D eigenvalue weighted by Crippen LogP contribution is 2.35. The molecule has 2 rings (SSSR count). The topological polar surface area (TPSA) is 83.0 Å². The summed E-state index contributed by atoms with van der Waals surface area (Å²) in [5.74, 6) is -1.54. The summed E-state index contributed by atoms with van der Waals surface area (Å²) in [6.07, 6.45) is -4.61. The molecule has 2 aromatic rings. The zero-order chi connectivity index (χ0) is 14.9. The van der Waals surface area contributed by atoms with Crippen LogP contribution in [-0.2, 0) is 6.18 Å². The molecular formula is C12H7F3N2O3. The predicted octanol–water partition coefficient (Wildman–Crippen LogP) is 2.15. The Morgan fingerprint density at radius 1 is 1.25 bits per heavy atom. The molecule has 0 aliphatic carbocycles. The molecule has 20 heavy (non-hydrogen) atoms. The number of hydrogen-bond acceptors (Lipinski definition) is 3. The Bertz CT molecular complexity index is 722. The summed E-state index contributed by atoms with van der Waals surface area (Å²) in [5, 5.41) is 14.1. The number of carbonyl (C=O) groups is 1. The zero-order valence-corrected chi connectivity index (χ0v) is 9.73. The fraction of sp³-hybridized carbons (Fsp3) is 0.0833. The Balaban J connectivity index is 2.67. The molecule has 1 aromatic carbocycles. The molecule has 0 radical (unpaired) electrons. The van der Waals surface area contributed by atoms with Gasteiger partial charge in [0.15, 0.2) is 0 Å². The number of H-pyrrole nitrogens is 1. The maximum Gasteiger partial charge on any atom is 0.417 e. The summed E-state index contributed by atoms with van der Waals surface area (Å²) in [5.41, 5.74) is -3.19. The van der Waals surface area contributed by atoms with Crippen molar-refractivity contribution in [2.75, 3.05) is 0 Å². The number of carboxylic acids is 1. The van der Waals surface area contributed by atoms with E-state index in [-0.39, 0.29) is 11.3 Å². The second-order valence-electron chi connectivity index (χ2n) is 3.84. The summed E-state index contributed by atoms with van der Waals surface area (Å²) in [6, 6.07) is 5.37. The zero-order valence-electron chi connectivity index (χ0n) is 9.73. The van der Waals surface area contributed by atoms with Crippen LogP contribution in [0.15, 0.2) is 35.1 Å². The fourth-order valence-electron chi connectivity index (χ4n) is 1.66. The van der Waals surface area contributed by atoms with Gasteiger partial charge in [-0.3, -0.25) is 4.79 Å². The first-order valence-electron chi connectivity index (χ1n) is 5.30. The summed E-state index contributed by atoms with van der Waals surface area (Å²) in [4.78, 5) is 22.0. The van der Waals surface area contributed by atoms with Crippen LogP contribution < -0.4 is 5.56 Å². The van der Waals surface area contributed by atoms with Crippen molar-refractivity contribution in [1.29, 1.82) is 0 Å². The van der Waals surface area contributed by atoms with Gasteiger partial charge in [-0.15, -0.1) is 0 Å². The van der Waals surface area contributed by atoms with Crippen LogP contribution in [0.5, 0.6) is 0 Å². The molecule has 5 nitrogen and oxygen atoms in total. The molecule has 8 heteroatoms. The van der Waals surface area contributed by atoms with Crippen LogP contribution in [0.3, 0.4) is 0 Å². The highest BCUT2D eigenvalue weighted by Gasteiger charge is 2.33. The SMILES string of the molecule is O=C(O)c1cc(-c2ccccc2C(F)(F)F)n[nH]c1=O. The number of nitrogens with zero attached hydrogens (tertiary/aromatic N) is 1. The molecule has 0 fully saturated rings. The summed E-state index contributed by atoms with van der Waals surface area (Å²) >= 11 is 0. The molecule has 0 saturated carbocycles. The lowest BCUT2D eigenvalue weighted by Crippen LogP contribution is -2.19. The molecule has 1 aromatic heterocycles. The second-order valence-corrected chi connectivity index (χ2v) is 3.84. The van der Waals surface area contributed by atoms with Crippen molar-refractivity contribution in [3.05, 3.63) is 51.8 Å². The molecule has 104 valence electrons.